The van der Waals surface area contributed by atoms with Crippen LogP contribution in [-0.4, -0.2) is 30.5 Å². The van der Waals surface area contributed by atoms with Crippen molar-refractivity contribution in [2.75, 3.05) is 19.7 Å². The Hall–Kier alpha value is -3.11. The number of carbonyl (C=O) groups is 1. The van der Waals surface area contributed by atoms with E-state index in [1.807, 2.05) is 38.1 Å². The van der Waals surface area contributed by atoms with Gasteiger partial charge in [0.2, 0.25) is 0 Å². The number of nitrogens with one attached hydrogen (secondary N) is 1. The van der Waals surface area contributed by atoms with E-state index in [4.69, 9.17) is 4.74 Å². The van der Waals surface area contributed by atoms with Crippen molar-refractivity contribution in [1.29, 1.82) is 0 Å². The van der Waals surface area contributed by atoms with E-state index in [9.17, 15) is 4.79 Å². The summed E-state index contributed by atoms with van der Waals surface area (Å²) in [6, 6.07) is 22.8. The molecule has 1 N–H and O–H groups in total. The molecule has 1 amide bonds. The molecule has 1 aliphatic heterocycles. The van der Waals surface area contributed by atoms with Gasteiger partial charge in [0.1, 0.15) is 12.4 Å². The minimum absolute atomic E-state index is 0.0667. The number of aryl methyl sites for hydroxylation is 2. The monoisotopic (exact) mass is 414 g/mol. The Morgan fingerprint density at radius 2 is 1.77 bits per heavy atom. The summed E-state index contributed by atoms with van der Waals surface area (Å²) in [5.41, 5.74) is 7.07. The lowest BCUT2D eigenvalue weighted by atomic mass is 9.99. The Morgan fingerprint density at radius 1 is 1.00 bits per heavy atom. The number of ether oxygens (including phenoxy) is 1. The number of hydrogen-bond donors (Lipinski definition) is 1. The first-order valence-corrected chi connectivity index (χ1v) is 10.9. The summed E-state index contributed by atoms with van der Waals surface area (Å²) in [6.07, 6.45) is 1.10. The van der Waals surface area contributed by atoms with Crippen LogP contribution in [0.1, 0.15) is 38.2 Å². The minimum Gasteiger partial charge on any atom is -0.491 e. The Balaban J connectivity index is 1.24. The first-order chi connectivity index (χ1) is 15.1. The zero-order valence-electron chi connectivity index (χ0n) is 18.4. The molecule has 1 heterocycles. The van der Waals surface area contributed by atoms with Gasteiger partial charge in [-0.15, -0.1) is 0 Å². The zero-order chi connectivity index (χ0) is 21.6. The summed E-state index contributed by atoms with van der Waals surface area (Å²) in [4.78, 5) is 14.9. The van der Waals surface area contributed by atoms with Crippen LogP contribution in [0.3, 0.4) is 0 Å². The number of hydrogen-bond acceptors (Lipinski definition) is 3. The number of amides is 1. The van der Waals surface area contributed by atoms with Gasteiger partial charge in [-0.3, -0.25) is 9.69 Å². The Labute approximate surface area is 184 Å². The molecular formula is C27H30N2O2. The van der Waals surface area contributed by atoms with E-state index in [2.05, 4.69) is 52.7 Å². The second kappa shape index (κ2) is 9.80. The van der Waals surface area contributed by atoms with Crippen LogP contribution in [0.15, 0.2) is 66.7 Å². The second-order valence-corrected chi connectivity index (χ2v) is 8.30. The molecule has 31 heavy (non-hydrogen) atoms. The zero-order valence-corrected chi connectivity index (χ0v) is 18.4. The lowest BCUT2D eigenvalue weighted by Gasteiger charge is -2.28. The van der Waals surface area contributed by atoms with E-state index in [1.165, 1.54) is 22.3 Å². The molecule has 0 aliphatic carbocycles. The fourth-order valence-electron chi connectivity index (χ4n) is 4.00. The summed E-state index contributed by atoms with van der Waals surface area (Å²) in [5.74, 6) is 0.807. The largest absolute Gasteiger partial charge is 0.491 e. The third kappa shape index (κ3) is 5.53. The third-order valence-electron chi connectivity index (χ3n) is 5.82. The van der Waals surface area contributed by atoms with Crippen LogP contribution in [0.2, 0.25) is 0 Å². The van der Waals surface area contributed by atoms with Crippen molar-refractivity contribution in [3.63, 3.8) is 0 Å². The van der Waals surface area contributed by atoms with E-state index in [0.29, 0.717) is 18.7 Å². The molecule has 3 aromatic carbocycles. The molecule has 3 aromatic rings. The summed E-state index contributed by atoms with van der Waals surface area (Å²) < 4.78 is 5.81. The lowest BCUT2D eigenvalue weighted by Crippen LogP contribution is -2.30. The van der Waals surface area contributed by atoms with Crippen molar-refractivity contribution >= 4 is 5.91 Å². The first kappa shape index (κ1) is 21.1. The molecule has 0 atom stereocenters. The normalized spacial score (nSPS) is 13.5. The van der Waals surface area contributed by atoms with Crippen molar-refractivity contribution in [1.82, 2.24) is 10.2 Å². The highest BCUT2D eigenvalue weighted by molar-refractivity contribution is 5.94. The Morgan fingerprint density at radius 3 is 2.58 bits per heavy atom. The van der Waals surface area contributed by atoms with Gasteiger partial charge in [0.05, 0.1) is 6.54 Å². The molecule has 4 heteroatoms. The second-order valence-electron chi connectivity index (χ2n) is 8.30. The van der Waals surface area contributed by atoms with Crippen LogP contribution in [0.5, 0.6) is 5.75 Å². The molecule has 0 aromatic heterocycles. The van der Waals surface area contributed by atoms with Crippen LogP contribution in [0, 0.1) is 13.8 Å². The highest BCUT2D eigenvalue weighted by Crippen LogP contribution is 2.21. The topological polar surface area (TPSA) is 41.6 Å². The average molecular weight is 415 g/mol. The molecule has 0 spiro atoms. The summed E-state index contributed by atoms with van der Waals surface area (Å²) in [6.45, 7) is 7.95. The summed E-state index contributed by atoms with van der Waals surface area (Å²) in [7, 11) is 0. The smallest absolute Gasteiger partial charge is 0.251 e. The molecule has 0 unspecified atom stereocenters. The van der Waals surface area contributed by atoms with E-state index in [-0.39, 0.29) is 5.91 Å². The first-order valence-electron chi connectivity index (χ1n) is 10.9. The molecule has 0 bridgehead atoms. The SMILES string of the molecule is Cc1ccc(C)c(OCCNC(=O)c2ccc(CN3CCc4ccccc4C3)cc2)c1. The molecule has 4 nitrogen and oxygen atoms in total. The Bertz CT molecular complexity index is 1040. The summed E-state index contributed by atoms with van der Waals surface area (Å²) in [5, 5.41) is 2.94. The van der Waals surface area contributed by atoms with Gasteiger partial charge in [0, 0.05) is 25.2 Å². The van der Waals surface area contributed by atoms with Crippen LogP contribution < -0.4 is 10.1 Å². The highest BCUT2D eigenvalue weighted by Gasteiger charge is 2.16. The van der Waals surface area contributed by atoms with Gasteiger partial charge >= 0.3 is 0 Å². The van der Waals surface area contributed by atoms with Crippen LogP contribution in [-0.2, 0) is 19.5 Å². The van der Waals surface area contributed by atoms with Gasteiger partial charge < -0.3 is 10.1 Å². The predicted octanol–water partition coefficient (Wildman–Crippen LogP) is 4.67. The van der Waals surface area contributed by atoms with Gasteiger partial charge in [-0.2, -0.15) is 0 Å². The lowest BCUT2D eigenvalue weighted by molar-refractivity contribution is 0.0947. The van der Waals surface area contributed by atoms with E-state index < -0.39 is 0 Å². The molecule has 160 valence electrons. The molecule has 0 saturated carbocycles. The van der Waals surface area contributed by atoms with Crippen molar-refractivity contribution in [3.05, 3.63) is 100 Å². The number of nitrogens with zero attached hydrogens (tertiary/aromatic N) is 1. The number of rotatable bonds is 7. The van der Waals surface area contributed by atoms with Crippen molar-refractivity contribution < 1.29 is 9.53 Å². The quantitative estimate of drug-likeness (QED) is 0.571. The standard InChI is InChI=1S/C27H30N2O2/c1-20-7-8-21(2)26(17-20)31-16-14-28-27(30)24-11-9-22(10-12-24)18-29-15-13-23-5-3-4-6-25(23)19-29/h3-12,17H,13-16,18-19H2,1-2H3,(H,28,30). The highest BCUT2D eigenvalue weighted by atomic mass is 16.5. The molecule has 0 fully saturated rings. The third-order valence-corrected chi connectivity index (χ3v) is 5.82. The van der Waals surface area contributed by atoms with Crippen LogP contribution >= 0.6 is 0 Å². The molecule has 0 radical (unpaired) electrons. The molecule has 4 rings (SSSR count). The molecule has 1 aliphatic rings. The number of carbonyl (C=O) groups excluding carboxylic acids is 1. The van der Waals surface area contributed by atoms with Crippen molar-refractivity contribution in [3.8, 4) is 5.75 Å². The van der Waals surface area contributed by atoms with Crippen molar-refractivity contribution in [2.24, 2.45) is 0 Å². The van der Waals surface area contributed by atoms with Crippen molar-refractivity contribution in [2.45, 2.75) is 33.4 Å². The van der Waals surface area contributed by atoms with Crippen LogP contribution in [0.25, 0.3) is 0 Å². The van der Waals surface area contributed by atoms with Gasteiger partial charge in [0.25, 0.3) is 5.91 Å². The van der Waals surface area contributed by atoms with Gasteiger partial charge in [0.15, 0.2) is 0 Å². The fourth-order valence-corrected chi connectivity index (χ4v) is 4.00. The number of benzene rings is 3. The minimum atomic E-state index is -0.0667. The van der Waals surface area contributed by atoms with E-state index in [1.54, 1.807) is 0 Å². The van der Waals surface area contributed by atoms with Gasteiger partial charge in [-0.1, -0.05) is 48.5 Å². The predicted molar refractivity (Wildman–Crippen MR) is 124 cm³/mol. The maximum atomic E-state index is 12.4. The van der Waals surface area contributed by atoms with Gasteiger partial charge in [-0.05, 0) is 66.3 Å². The van der Waals surface area contributed by atoms with Crippen LogP contribution in [0.4, 0.5) is 0 Å². The average Bonchev–Trinajstić information content (AvgIpc) is 2.79. The van der Waals surface area contributed by atoms with E-state index in [0.717, 1.165) is 37.4 Å². The fraction of sp³-hybridized carbons (Fsp3) is 0.296. The van der Waals surface area contributed by atoms with E-state index >= 15 is 0 Å². The maximum absolute atomic E-state index is 12.4. The summed E-state index contributed by atoms with van der Waals surface area (Å²) >= 11 is 0. The number of fused-ring (bicyclic) bond motifs is 1. The maximum Gasteiger partial charge on any atom is 0.251 e. The molecular weight excluding hydrogens is 384 g/mol. The van der Waals surface area contributed by atoms with Gasteiger partial charge in [-0.25, -0.2) is 0 Å². The molecule has 0 saturated heterocycles. The Kier molecular flexibility index (Phi) is 6.68.